The molecule has 0 unspecified atom stereocenters. The average molecular weight is 961 g/mol. The standard InChI is InChI=1S/4C6H16P2.2C5H9Si.C4.2Mn/c4*1-7(2)5-6-8(3)4;2*1-5-6(2,3)4;1-3-4-2;;/h4*5-6H2,1-4H3;2*2-4H3;;;/q;;;;2*-1;-2;2*+3/p+8. The van der Waals surface area contributed by atoms with Gasteiger partial charge in [0.25, 0.3) is 0 Å². The molecule has 0 heterocycles. The third-order valence-corrected chi connectivity index (χ3v) is 18.8. The van der Waals surface area contributed by atoms with Gasteiger partial charge in [-0.3, -0.25) is 0 Å². The van der Waals surface area contributed by atoms with Gasteiger partial charge < -0.3 is 48.6 Å². The largest absolute Gasteiger partial charge is 3.00 e. The van der Waals surface area contributed by atoms with E-state index in [9.17, 15) is 0 Å². The van der Waals surface area contributed by atoms with Crippen molar-refractivity contribution >= 4 is 79.5 Å². The fourth-order valence-electron chi connectivity index (χ4n) is 2.00. The van der Waals surface area contributed by atoms with E-state index in [1.807, 2.05) is 0 Å². The minimum Gasteiger partial charge on any atom is -0.701 e. The predicted octanol–water partition coefficient (Wildman–Crippen LogP) is 10.8. The maximum atomic E-state index is 6.67. The summed E-state index contributed by atoms with van der Waals surface area (Å²) < 4.78 is 0. The van der Waals surface area contributed by atoms with Crippen molar-refractivity contribution in [2.75, 3.05) is 156 Å². The van der Waals surface area contributed by atoms with Crippen LogP contribution < -0.4 is 0 Å². The molecule has 0 aliphatic rings. The van der Waals surface area contributed by atoms with E-state index in [0.29, 0.717) is 0 Å². The van der Waals surface area contributed by atoms with E-state index < -0.39 is 16.1 Å². The van der Waals surface area contributed by atoms with Crippen LogP contribution in [0.15, 0.2) is 0 Å². The van der Waals surface area contributed by atoms with E-state index in [1.165, 1.54) is 49.3 Å². The third kappa shape index (κ3) is 142. The molecule has 0 radical (unpaired) electrons. The summed E-state index contributed by atoms with van der Waals surface area (Å²) in [6.07, 6.45) is 37.4. The molecule has 0 rings (SSSR count). The molecule has 0 N–H and O–H groups in total. The minimum absolute atomic E-state index is 0. The van der Waals surface area contributed by atoms with Crippen molar-refractivity contribution in [2.24, 2.45) is 0 Å². The van der Waals surface area contributed by atoms with Crippen molar-refractivity contribution < 1.29 is 34.1 Å². The van der Waals surface area contributed by atoms with Gasteiger partial charge >= 0.3 is 34.1 Å². The van der Waals surface area contributed by atoms with Crippen LogP contribution in [0.1, 0.15) is 0 Å². The second kappa shape index (κ2) is 52.2. The summed E-state index contributed by atoms with van der Waals surface area (Å²) >= 11 is 0. The maximum Gasteiger partial charge on any atom is 3.00 e. The number of rotatable bonds is 12. The molecule has 0 aromatic carbocycles. The molecule has 0 saturated carbocycles. The van der Waals surface area contributed by atoms with Crippen molar-refractivity contribution in [1.29, 1.82) is 0 Å². The molecule has 0 aliphatic heterocycles. The molecule has 0 saturated heterocycles. The molecule has 0 aromatic rings. The summed E-state index contributed by atoms with van der Waals surface area (Å²) in [6, 6.07) is 0. The smallest absolute Gasteiger partial charge is 0.701 e. The first-order chi connectivity index (χ1) is 21.5. The molecule has 50 heavy (non-hydrogen) atoms. The Morgan fingerprint density at radius 1 is 0.300 bits per heavy atom. The molecular weight excluding hydrogens is 870 g/mol. The van der Waals surface area contributed by atoms with Gasteiger partial charge in [0.05, 0.1) is 65.4 Å². The Hall–Kier alpha value is 3.15. The summed E-state index contributed by atoms with van der Waals surface area (Å²) in [6.45, 7) is 50.9. The van der Waals surface area contributed by atoms with Crippen molar-refractivity contribution in [3.05, 3.63) is 25.7 Å². The van der Waals surface area contributed by atoms with Crippen LogP contribution in [0.5, 0.6) is 0 Å². The molecule has 0 aliphatic carbocycles. The summed E-state index contributed by atoms with van der Waals surface area (Å²) in [5.41, 5.74) is 4.99. The Balaban J connectivity index is -0.0000000562. The summed E-state index contributed by atoms with van der Waals surface area (Å²) in [4.78, 5) is 0. The molecular formula is C38H90Mn2P8Si2+10. The summed E-state index contributed by atoms with van der Waals surface area (Å²) in [5, 5.41) is 0. The van der Waals surface area contributed by atoms with E-state index in [4.69, 9.17) is 25.7 Å². The van der Waals surface area contributed by atoms with Gasteiger partial charge in [-0.25, -0.2) is 0 Å². The van der Waals surface area contributed by atoms with Crippen LogP contribution >= 0.6 is 63.4 Å². The average Bonchev–Trinajstić information content (AvgIpc) is 2.94. The van der Waals surface area contributed by atoms with E-state index in [2.05, 4.69) is 157 Å². The van der Waals surface area contributed by atoms with Crippen LogP contribution in [0, 0.1) is 48.6 Å². The van der Waals surface area contributed by atoms with Gasteiger partial charge in [0.1, 0.15) is 0 Å². The molecule has 0 aromatic heterocycles. The zero-order valence-corrected chi connectivity index (χ0v) is 49.8. The van der Waals surface area contributed by atoms with Crippen LogP contribution in [0.25, 0.3) is 0 Å². The van der Waals surface area contributed by atoms with E-state index in [-0.39, 0.29) is 97.5 Å². The minimum atomic E-state index is -1.21. The van der Waals surface area contributed by atoms with E-state index in [1.54, 1.807) is 11.8 Å². The van der Waals surface area contributed by atoms with Crippen molar-refractivity contribution in [3.63, 3.8) is 0 Å². The zero-order valence-electron chi connectivity index (χ0n) is 37.4. The zero-order chi connectivity index (χ0) is 40.1. The fraction of sp³-hybridized carbons (Fsp3) is 0.789. The van der Waals surface area contributed by atoms with Crippen molar-refractivity contribution in [1.82, 2.24) is 0 Å². The first-order valence-electron chi connectivity index (χ1n) is 17.6. The molecule has 0 nitrogen and oxygen atoms in total. The summed E-state index contributed by atoms with van der Waals surface area (Å²) in [5.74, 6) is 3.19. The van der Waals surface area contributed by atoms with Crippen LogP contribution in [-0.4, -0.2) is 172 Å². The molecule has 294 valence electrons. The second-order valence-corrected chi connectivity index (χ2v) is 49.5. The molecule has 0 atom stereocenters. The van der Waals surface area contributed by atoms with Crippen molar-refractivity contribution in [3.8, 4) is 22.9 Å². The van der Waals surface area contributed by atoms with Gasteiger partial charge in [-0.15, -0.1) is 0 Å². The Bertz CT molecular complexity index is 678. The van der Waals surface area contributed by atoms with Gasteiger partial charge in [0.2, 0.25) is 0 Å². The molecule has 0 fully saturated rings. The first kappa shape index (κ1) is 74.2. The summed E-state index contributed by atoms with van der Waals surface area (Å²) in [7, 11) is -1.66. The van der Waals surface area contributed by atoms with Gasteiger partial charge in [-0.1, -0.05) is 39.3 Å². The number of hydrogen-bond donors (Lipinski definition) is 0. The van der Waals surface area contributed by atoms with Gasteiger partial charge in [-0.05, 0) is 63.4 Å². The number of hydrogen-bond acceptors (Lipinski definition) is 0. The normalized spacial score (nSPS) is 9.88. The third-order valence-electron chi connectivity index (χ3n) is 5.31. The van der Waals surface area contributed by atoms with Crippen molar-refractivity contribution in [2.45, 2.75) is 39.3 Å². The molecule has 0 amide bonds. The maximum absolute atomic E-state index is 6.67. The van der Waals surface area contributed by atoms with Gasteiger partial charge in [0, 0.05) is 107 Å². The van der Waals surface area contributed by atoms with Crippen LogP contribution in [0.2, 0.25) is 39.3 Å². The monoisotopic (exact) mass is 960 g/mol. The molecule has 0 bridgehead atoms. The van der Waals surface area contributed by atoms with Gasteiger partial charge in [-0.2, -0.15) is 0 Å². The Kier molecular flexibility index (Phi) is 77.4. The predicted molar refractivity (Wildman–Crippen MR) is 275 cm³/mol. The van der Waals surface area contributed by atoms with Crippen LogP contribution in [0.3, 0.4) is 0 Å². The fourth-order valence-corrected chi connectivity index (χ4v) is 18.0. The first-order valence-corrected chi connectivity index (χ1v) is 46.2. The van der Waals surface area contributed by atoms with Gasteiger partial charge in [0.15, 0.2) is 0 Å². The van der Waals surface area contributed by atoms with E-state index >= 15 is 0 Å². The molecule has 0 spiro atoms. The Labute approximate surface area is 354 Å². The molecule has 12 heteroatoms. The second-order valence-electron chi connectivity index (χ2n) is 16.7. The van der Waals surface area contributed by atoms with E-state index in [0.717, 1.165) is 0 Å². The van der Waals surface area contributed by atoms with Crippen LogP contribution in [-0.2, 0) is 34.1 Å². The topological polar surface area (TPSA) is 0 Å². The van der Waals surface area contributed by atoms with Crippen LogP contribution in [0.4, 0.5) is 0 Å². The SMILES string of the molecule is C[PH+](C)CC[PH+](C)C.C[PH+](C)CC[PH+](C)C.C[PH+](C)CC[PH+](C)C.C[PH+](C)CC[PH+](C)C.[C-]#CC#[C-].[C-]#C[Si](C)(C)C.[C-]#C[Si](C)(C)C.[Mn+3].[Mn+3]. The quantitative estimate of drug-likeness (QED) is 0.0791. The Morgan fingerprint density at radius 3 is 0.400 bits per heavy atom. The Morgan fingerprint density at radius 2 is 0.380 bits per heavy atom.